The molecule has 4 rings (SSSR count). The highest BCUT2D eigenvalue weighted by Gasteiger charge is 2.22. The van der Waals surface area contributed by atoms with Crippen molar-refractivity contribution in [2.75, 3.05) is 16.8 Å². The van der Waals surface area contributed by atoms with Crippen LogP contribution in [0.4, 0.5) is 11.4 Å². The summed E-state index contributed by atoms with van der Waals surface area (Å²) in [6.07, 6.45) is 2.99. The van der Waals surface area contributed by atoms with Gasteiger partial charge in [0.1, 0.15) is 0 Å². The number of aryl methyl sites for hydroxylation is 2. The van der Waals surface area contributed by atoms with E-state index in [0.29, 0.717) is 24.9 Å². The van der Waals surface area contributed by atoms with Crippen LogP contribution in [0.15, 0.2) is 72.8 Å². The molecule has 3 aromatic carbocycles. The molecule has 0 bridgehead atoms. The molecule has 3 N–H and O–H groups in total. The molecule has 0 aromatic heterocycles. The van der Waals surface area contributed by atoms with Crippen LogP contribution in [0.5, 0.6) is 0 Å². The second-order valence-corrected chi connectivity index (χ2v) is 7.83. The number of carbonyl (C=O) groups is 2. The first-order valence-corrected chi connectivity index (χ1v) is 10.7. The van der Waals surface area contributed by atoms with Gasteiger partial charge in [-0.05, 0) is 66.3 Å². The predicted molar refractivity (Wildman–Crippen MR) is 124 cm³/mol. The van der Waals surface area contributed by atoms with Crippen molar-refractivity contribution >= 4 is 23.2 Å². The molecular formula is C26H27N3O2. The van der Waals surface area contributed by atoms with E-state index in [1.165, 1.54) is 0 Å². The van der Waals surface area contributed by atoms with Crippen molar-refractivity contribution in [1.82, 2.24) is 0 Å². The molecule has 31 heavy (non-hydrogen) atoms. The van der Waals surface area contributed by atoms with Crippen LogP contribution in [-0.4, -0.2) is 18.4 Å². The minimum Gasteiger partial charge on any atom is -0.326 e. The van der Waals surface area contributed by atoms with Crippen LogP contribution >= 0.6 is 0 Å². The molecule has 0 spiro atoms. The number of hydrogen-bond donors (Lipinski definition) is 2. The van der Waals surface area contributed by atoms with Gasteiger partial charge in [0.15, 0.2) is 0 Å². The van der Waals surface area contributed by atoms with Crippen LogP contribution in [0.3, 0.4) is 0 Å². The Bertz CT molecular complexity index is 1060. The molecule has 3 aromatic rings. The van der Waals surface area contributed by atoms with Crippen molar-refractivity contribution in [3.05, 3.63) is 95.1 Å². The highest BCUT2D eigenvalue weighted by atomic mass is 16.2. The van der Waals surface area contributed by atoms with Gasteiger partial charge in [0, 0.05) is 36.4 Å². The van der Waals surface area contributed by atoms with Crippen LogP contribution in [0.1, 0.15) is 39.9 Å². The summed E-state index contributed by atoms with van der Waals surface area (Å²) >= 11 is 0. The number of amides is 2. The lowest BCUT2D eigenvalue weighted by Gasteiger charge is -2.30. The molecule has 1 aliphatic rings. The van der Waals surface area contributed by atoms with Crippen LogP contribution in [0.2, 0.25) is 0 Å². The van der Waals surface area contributed by atoms with Gasteiger partial charge >= 0.3 is 0 Å². The summed E-state index contributed by atoms with van der Waals surface area (Å²) < 4.78 is 0. The number of nitrogens with two attached hydrogens (primary N) is 1. The summed E-state index contributed by atoms with van der Waals surface area (Å²) in [7, 11) is 0. The monoisotopic (exact) mass is 413 g/mol. The van der Waals surface area contributed by atoms with Crippen LogP contribution in [-0.2, 0) is 24.2 Å². The largest absolute Gasteiger partial charge is 0.326 e. The van der Waals surface area contributed by atoms with E-state index >= 15 is 0 Å². The molecule has 1 heterocycles. The average molecular weight is 414 g/mol. The Hall–Kier alpha value is -3.44. The highest BCUT2D eigenvalue weighted by molar-refractivity contribution is 6.04. The Morgan fingerprint density at radius 3 is 2.42 bits per heavy atom. The van der Waals surface area contributed by atoms with Crippen molar-refractivity contribution in [3.8, 4) is 0 Å². The summed E-state index contributed by atoms with van der Waals surface area (Å²) in [5.74, 6) is -0.00475. The summed E-state index contributed by atoms with van der Waals surface area (Å²) in [5, 5.41) is 2.96. The maximum absolute atomic E-state index is 12.9. The average Bonchev–Trinajstić information content (AvgIpc) is 2.83. The van der Waals surface area contributed by atoms with Gasteiger partial charge in [-0.25, -0.2) is 0 Å². The molecule has 2 amide bonds. The van der Waals surface area contributed by atoms with E-state index < -0.39 is 0 Å². The molecule has 1 aliphatic heterocycles. The third-order valence-corrected chi connectivity index (χ3v) is 5.68. The maximum atomic E-state index is 12.9. The Balaban J connectivity index is 1.42. The first kappa shape index (κ1) is 20.8. The zero-order valence-electron chi connectivity index (χ0n) is 17.5. The van der Waals surface area contributed by atoms with Gasteiger partial charge in [-0.2, -0.15) is 0 Å². The second-order valence-electron chi connectivity index (χ2n) is 7.83. The van der Waals surface area contributed by atoms with E-state index in [0.717, 1.165) is 47.5 Å². The Morgan fingerprint density at radius 2 is 1.68 bits per heavy atom. The van der Waals surface area contributed by atoms with E-state index in [-0.39, 0.29) is 11.8 Å². The lowest BCUT2D eigenvalue weighted by molar-refractivity contribution is -0.118. The summed E-state index contributed by atoms with van der Waals surface area (Å²) in [6, 6.07) is 23.1. The lowest BCUT2D eigenvalue weighted by Crippen LogP contribution is -2.35. The standard InChI is InChI=1S/C26H27N3O2/c27-18-20-10-8-19(9-11-20)12-15-25(30)29-16-4-7-22-17-23(13-14-24(22)29)28-26(31)21-5-2-1-3-6-21/h1-3,5-6,8-11,13-14,17H,4,7,12,15-16,18,27H2,(H,28,31). The fourth-order valence-electron chi connectivity index (χ4n) is 3.95. The molecular weight excluding hydrogens is 386 g/mol. The fraction of sp³-hybridized carbons (Fsp3) is 0.231. The first-order chi connectivity index (χ1) is 15.1. The van der Waals surface area contributed by atoms with Crippen molar-refractivity contribution in [2.45, 2.75) is 32.2 Å². The Morgan fingerprint density at radius 1 is 0.935 bits per heavy atom. The zero-order valence-corrected chi connectivity index (χ0v) is 17.5. The maximum Gasteiger partial charge on any atom is 0.255 e. The van der Waals surface area contributed by atoms with E-state index in [9.17, 15) is 9.59 Å². The molecule has 158 valence electrons. The second kappa shape index (κ2) is 9.58. The van der Waals surface area contributed by atoms with Crippen molar-refractivity contribution < 1.29 is 9.59 Å². The van der Waals surface area contributed by atoms with Crippen LogP contribution in [0, 0.1) is 0 Å². The summed E-state index contributed by atoms with van der Waals surface area (Å²) in [5.41, 5.74) is 11.3. The Labute approximate surface area is 182 Å². The van der Waals surface area contributed by atoms with Gasteiger partial charge in [-0.3, -0.25) is 9.59 Å². The van der Waals surface area contributed by atoms with Crippen molar-refractivity contribution in [2.24, 2.45) is 5.73 Å². The number of nitrogens with zero attached hydrogens (tertiary/aromatic N) is 1. The summed E-state index contributed by atoms with van der Waals surface area (Å²) in [6.45, 7) is 1.26. The third-order valence-electron chi connectivity index (χ3n) is 5.68. The molecule has 0 unspecified atom stereocenters. The SMILES string of the molecule is NCc1ccc(CCC(=O)N2CCCc3cc(NC(=O)c4ccccc4)ccc32)cc1. The third kappa shape index (κ3) is 5.01. The number of carbonyl (C=O) groups excluding carboxylic acids is 2. The molecule has 0 saturated carbocycles. The number of benzene rings is 3. The van der Waals surface area contributed by atoms with Gasteiger partial charge in [0.25, 0.3) is 5.91 Å². The molecule has 0 atom stereocenters. The fourth-order valence-corrected chi connectivity index (χ4v) is 3.95. The van der Waals surface area contributed by atoms with Gasteiger partial charge in [0.2, 0.25) is 5.91 Å². The number of fused-ring (bicyclic) bond motifs is 1. The van der Waals surface area contributed by atoms with Crippen LogP contribution < -0.4 is 16.0 Å². The quantitative estimate of drug-likeness (QED) is 0.632. The van der Waals surface area contributed by atoms with Crippen LogP contribution in [0.25, 0.3) is 0 Å². The highest BCUT2D eigenvalue weighted by Crippen LogP contribution is 2.30. The zero-order chi connectivity index (χ0) is 21.6. The predicted octanol–water partition coefficient (Wildman–Crippen LogP) is 4.31. The first-order valence-electron chi connectivity index (χ1n) is 10.7. The molecule has 5 heteroatoms. The van der Waals surface area contributed by atoms with Gasteiger partial charge in [-0.15, -0.1) is 0 Å². The minimum atomic E-state index is -0.134. The lowest BCUT2D eigenvalue weighted by atomic mass is 9.99. The summed E-state index contributed by atoms with van der Waals surface area (Å²) in [4.78, 5) is 27.3. The van der Waals surface area contributed by atoms with Crippen molar-refractivity contribution in [1.29, 1.82) is 0 Å². The number of nitrogens with one attached hydrogen (secondary N) is 1. The smallest absolute Gasteiger partial charge is 0.255 e. The van der Waals surface area contributed by atoms with Gasteiger partial charge in [-0.1, -0.05) is 42.5 Å². The molecule has 0 aliphatic carbocycles. The van der Waals surface area contributed by atoms with Gasteiger partial charge in [0.05, 0.1) is 0 Å². The minimum absolute atomic E-state index is 0.130. The molecule has 5 nitrogen and oxygen atoms in total. The van der Waals surface area contributed by atoms with Crippen molar-refractivity contribution in [3.63, 3.8) is 0 Å². The molecule has 0 fully saturated rings. The van der Waals surface area contributed by atoms with E-state index in [1.807, 2.05) is 65.6 Å². The molecule has 0 saturated heterocycles. The van der Waals surface area contributed by atoms with E-state index in [2.05, 4.69) is 5.32 Å². The van der Waals surface area contributed by atoms with E-state index in [1.54, 1.807) is 12.1 Å². The molecule has 0 radical (unpaired) electrons. The number of hydrogen-bond acceptors (Lipinski definition) is 3. The topological polar surface area (TPSA) is 75.4 Å². The number of anilines is 2. The number of rotatable bonds is 6. The normalized spacial score (nSPS) is 12.9. The van der Waals surface area contributed by atoms with Gasteiger partial charge < -0.3 is 16.0 Å². The Kier molecular flexibility index (Phi) is 6.43. The van der Waals surface area contributed by atoms with E-state index in [4.69, 9.17) is 5.73 Å².